The topological polar surface area (TPSA) is 55.7 Å². The molecule has 4 heteroatoms. The second-order valence-corrected chi connectivity index (χ2v) is 4.76. The fourth-order valence-corrected chi connectivity index (χ4v) is 2.44. The Bertz CT molecular complexity index is 382. The quantitative estimate of drug-likeness (QED) is 0.734. The zero-order valence-corrected chi connectivity index (χ0v) is 10.2. The van der Waals surface area contributed by atoms with E-state index in [0.29, 0.717) is 5.92 Å². The van der Waals surface area contributed by atoms with Crippen LogP contribution in [0, 0.1) is 5.92 Å². The first-order chi connectivity index (χ1) is 8.19. The number of nitrogens with one attached hydrogen (secondary N) is 1. The van der Waals surface area contributed by atoms with Crippen molar-refractivity contribution in [3.63, 3.8) is 0 Å². The predicted octanol–water partition coefficient (Wildman–Crippen LogP) is 1.14. The highest BCUT2D eigenvalue weighted by molar-refractivity contribution is 5.38. The fraction of sp³-hybridized carbons (Fsp3) is 0.538. The molecular formula is C13H20N2O2. The second kappa shape index (κ2) is 5.38. The first-order valence-electron chi connectivity index (χ1n) is 6.07. The molecule has 0 spiro atoms. The van der Waals surface area contributed by atoms with Crippen LogP contribution >= 0.6 is 0 Å². The number of phenolic OH excluding ortho intramolecular Hbond substituents is 2. The first-order valence-corrected chi connectivity index (χ1v) is 6.07. The van der Waals surface area contributed by atoms with Gasteiger partial charge < -0.3 is 15.5 Å². The number of hydrogen-bond donors (Lipinski definition) is 3. The van der Waals surface area contributed by atoms with Gasteiger partial charge in [0, 0.05) is 24.7 Å². The largest absolute Gasteiger partial charge is 0.508 e. The van der Waals surface area contributed by atoms with Crippen LogP contribution in [0.15, 0.2) is 18.2 Å². The number of phenols is 2. The van der Waals surface area contributed by atoms with Crippen LogP contribution < -0.4 is 5.32 Å². The van der Waals surface area contributed by atoms with Gasteiger partial charge >= 0.3 is 0 Å². The molecule has 0 aliphatic carbocycles. The van der Waals surface area contributed by atoms with Crippen LogP contribution in [0.5, 0.6) is 11.5 Å². The summed E-state index contributed by atoms with van der Waals surface area (Å²) in [6, 6.07) is 4.81. The summed E-state index contributed by atoms with van der Waals surface area (Å²) in [6.45, 7) is 3.96. The zero-order valence-electron chi connectivity index (χ0n) is 10.2. The number of likely N-dealkylation sites (tertiary alicyclic amines) is 1. The summed E-state index contributed by atoms with van der Waals surface area (Å²) in [6.07, 6.45) is 1.21. The highest BCUT2D eigenvalue weighted by Crippen LogP contribution is 2.26. The van der Waals surface area contributed by atoms with E-state index in [4.69, 9.17) is 0 Å². The van der Waals surface area contributed by atoms with Crippen molar-refractivity contribution in [2.24, 2.45) is 5.92 Å². The minimum atomic E-state index is 0.112. The Morgan fingerprint density at radius 1 is 1.41 bits per heavy atom. The first kappa shape index (κ1) is 12.2. The summed E-state index contributed by atoms with van der Waals surface area (Å²) in [7, 11) is 1.98. The Morgan fingerprint density at radius 2 is 2.24 bits per heavy atom. The van der Waals surface area contributed by atoms with Crippen LogP contribution in [-0.2, 0) is 6.54 Å². The van der Waals surface area contributed by atoms with Gasteiger partial charge in [-0.1, -0.05) is 6.07 Å². The maximum absolute atomic E-state index is 9.72. The molecule has 1 atom stereocenters. The summed E-state index contributed by atoms with van der Waals surface area (Å²) >= 11 is 0. The summed E-state index contributed by atoms with van der Waals surface area (Å²) < 4.78 is 0. The van der Waals surface area contributed by atoms with E-state index in [9.17, 15) is 10.2 Å². The summed E-state index contributed by atoms with van der Waals surface area (Å²) in [5, 5.41) is 22.2. The van der Waals surface area contributed by atoms with E-state index in [1.165, 1.54) is 12.5 Å². The zero-order chi connectivity index (χ0) is 12.3. The minimum absolute atomic E-state index is 0.112. The van der Waals surface area contributed by atoms with Gasteiger partial charge in [0.25, 0.3) is 0 Å². The highest BCUT2D eigenvalue weighted by atomic mass is 16.3. The third-order valence-corrected chi connectivity index (χ3v) is 3.33. The van der Waals surface area contributed by atoms with Crippen LogP contribution in [0.1, 0.15) is 12.0 Å². The van der Waals surface area contributed by atoms with Gasteiger partial charge in [0.2, 0.25) is 0 Å². The van der Waals surface area contributed by atoms with Crippen LogP contribution in [0.3, 0.4) is 0 Å². The maximum atomic E-state index is 9.72. The molecule has 1 unspecified atom stereocenters. The Morgan fingerprint density at radius 3 is 2.94 bits per heavy atom. The van der Waals surface area contributed by atoms with Gasteiger partial charge in [-0.2, -0.15) is 0 Å². The molecule has 0 radical (unpaired) electrons. The normalized spacial score (nSPS) is 20.9. The SMILES string of the molecule is CNCC1CCN(Cc2ccc(O)cc2O)C1. The molecule has 0 saturated carbocycles. The molecule has 0 aromatic heterocycles. The monoisotopic (exact) mass is 236 g/mol. The Labute approximate surface area is 102 Å². The van der Waals surface area contributed by atoms with E-state index < -0.39 is 0 Å². The molecule has 1 aromatic carbocycles. The molecule has 0 bridgehead atoms. The Hall–Kier alpha value is -1.26. The molecule has 94 valence electrons. The van der Waals surface area contributed by atoms with Crippen LogP contribution in [-0.4, -0.2) is 41.8 Å². The van der Waals surface area contributed by atoms with Crippen molar-refractivity contribution < 1.29 is 10.2 Å². The van der Waals surface area contributed by atoms with Crippen molar-refractivity contribution in [2.45, 2.75) is 13.0 Å². The lowest BCUT2D eigenvalue weighted by atomic mass is 10.1. The van der Waals surface area contributed by atoms with Gasteiger partial charge in [0.15, 0.2) is 0 Å². The molecule has 4 nitrogen and oxygen atoms in total. The van der Waals surface area contributed by atoms with Crippen LogP contribution in [0.2, 0.25) is 0 Å². The number of rotatable bonds is 4. The number of nitrogens with zero attached hydrogens (tertiary/aromatic N) is 1. The minimum Gasteiger partial charge on any atom is -0.508 e. The second-order valence-electron chi connectivity index (χ2n) is 4.76. The van der Waals surface area contributed by atoms with Crippen molar-refractivity contribution in [3.05, 3.63) is 23.8 Å². The number of aromatic hydroxyl groups is 2. The summed E-state index contributed by atoms with van der Waals surface area (Å²) in [5.41, 5.74) is 0.882. The third-order valence-electron chi connectivity index (χ3n) is 3.33. The predicted molar refractivity (Wildman–Crippen MR) is 67.1 cm³/mol. The lowest BCUT2D eigenvalue weighted by molar-refractivity contribution is 0.309. The highest BCUT2D eigenvalue weighted by Gasteiger charge is 2.22. The van der Waals surface area contributed by atoms with Gasteiger partial charge in [-0.3, -0.25) is 4.90 Å². The molecule has 1 fully saturated rings. The molecular weight excluding hydrogens is 216 g/mol. The molecule has 1 saturated heterocycles. The van der Waals surface area contributed by atoms with E-state index >= 15 is 0 Å². The Kier molecular flexibility index (Phi) is 3.86. The van der Waals surface area contributed by atoms with Gasteiger partial charge in [0.05, 0.1) is 0 Å². The van der Waals surface area contributed by atoms with Crippen LogP contribution in [0.25, 0.3) is 0 Å². The fourth-order valence-electron chi connectivity index (χ4n) is 2.44. The molecule has 1 aliphatic rings. The molecule has 17 heavy (non-hydrogen) atoms. The Balaban J connectivity index is 1.93. The average Bonchev–Trinajstić information content (AvgIpc) is 2.71. The van der Waals surface area contributed by atoms with E-state index in [0.717, 1.165) is 31.7 Å². The van der Waals surface area contributed by atoms with Crippen molar-refractivity contribution >= 4 is 0 Å². The van der Waals surface area contributed by atoms with Gasteiger partial charge in [-0.15, -0.1) is 0 Å². The maximum Gasteiger partial charge on any atom is 0.123 e. The molecule has 1 aliphatic heterocycles. The average molecular weight is 236 g/mol. The molecule has 0 amide bonds. The van der Waals surface area contributed by atoms with Crippen molar-refractivity contribution in [3.8, 4) is 11.5 Å². The van der Waals surface area contributed by atoms with Gasteiger partial charge in [-0.25, -0.2) is 0 Å². The van der Waals surface area contributed by atoms with Crippen LogP contribution in [0.4, 0.5) is 0 Å². The van der Waals surface area contributed by atoms with Crippen molar-refractivity contribution in [1.82, 2.24) is 10.2 Å². The van der Waals surface area contributed by atoms with Crippen molar-refractivity contribution in [1.29, 1.82) is 0 Å². The summed E-state index contributed by atoms with van der Waals surface area (Å²) in [5.74, 6) is 1.00. The smallest absolute Gasteiger partial charge is 0.123 e. The molecule has 3 N–H and O–H groups in total. The van der Waals surface area contributed by atoms with Gasteiger partial charge in [-0.05, 0) is 38.5 Å². The third kappa shape index (κ3) is 3.11. The number of hydrogen-bond acceptors (Lipinski definition) is 4. The van der Waals surface area contributed by atoms with E-state index in [1.807, 2.05) is 7.05 Å². The lowest BCUT2D eigenvalue weighted by Gasteiger charge is -2.16. The lowest BCUT2D eigenvalue weighted by Crippen LogP contribution is -2.24. The van der Waals surface area contributed by atoms with E-state index in [2.05, 4.69) is 10.2 Å². The summed E-state index contributed by atoms with van der Waals surface area (Å²) in [4.78, 5) is 2.34. The molecule has 1 heterocycles. The van der Waals surface area contributed by atoms with Gasteiger partial charge in [0.1, 0.15) is 11.5 Å². The van der Waals surface area contributed by atoms with E-state index in [-0.39, 0.29) is 11.5 Å². The molecule has 2 rings (SSSR count). The number of benzene rings is 1. The standard InChI is InChI=1S/C13H20N2O2/c1-14-7-10-4-5-15(8-10)9-11-2-3-12(16)6-13(11)17/h2-3,6,10,14,16-17H,4-5,7-9H2,1H3. The molecule has 1 aromatic rings. The van der Waals surface area contributed by atoms with Crippen molar-refractivity contribution in [2.75, 3.05) is 26.7 Å². The van der Waals surface area contributed by atoms with E-state index in [1.54, 1.807) is 12.1 Å².